The lowest BCUT2D eigenvalue weighted by atomic mass is 10.1. The minimum absolute atomic E-state index is 0.202. The third kappa shape index (κ3) is 1.92. The summed E-state index contributed by atoms with van der Waals surface area (Å²) in [5.74, 6) is -0.378. The van der Waals surface area contributed by atoms with Crippen molar-refractivity contribution in [2.45, 2.75) is 13.1 Å². The second kappa shape index (κ2) is 3.94. The van der Waals surface area contributed by atoms with Gasteiger partial charge in [0.15, 0.2) is 0 Å². The van der Waals surface area contributed by atoms with Crippen molar-refractivity contribution in [3.63, 3.8) is 0 Å². The molecule has 1 aliphatic heterocycles. The van der Waals surface area contributed by atoms with E-state index < -0.39 is 10.0 Å². The van der Waals surface area contributed by atoms with Crippen LogP contribution in [0.3, 0.4) is 0 Å². The maximum Gasteiger partial charge on any atom is 0.236 e. The first-order chi connectivity index (χ1) is 7.44. The van der Waals surface area contributed by atoms with Gasteiger partial charge in [0, 0.05) is 18.5 Å². The van der Waals surface area contributed by atoms with Crippen LogP contribution in [0.2, 0.25) is 0 Å². The molecule has 0 saturated carbocycles. The summed E-state index contributed by atoms with van der Waals surface area (Å²) < 4.78 is 37.9. The van der Waals surface area contributed by atoms with Crippen LogP contribution >= 0.6 is 15.9 Å². The van der Waals surface area contributed by atoms with Crippen LogP contribution in [-0.4, -0.2) is 12.7 Å². The Kier molecular flexibility index (Phi) is 2.90. The lowest BCUT2D eigenvalue weighted by Crippen LogP contribution is -2.22. The van der Waals surface area contributed by atoms with Crippen molar-refractivity contribution < 1.29 is 12.8 Å². The first-order valence-electron chi connectivity index (χ1n) is 4.53. The van der Waals surface area contributed by atoms with E-state index in [0.29, 0.717) is 10.0 Å². The number of benzene rings is 1. The van der Waals surface area contributed by atoms with Crippen molar-refractivity contribution in [1.29, 1.82) is 0 Å². The van der Waals surface area contributed by atoms with E-state index in [1.807, 2.05) is 0 Å². The van der Waals surface area contributed by atoms with Crippen LogP contribution in [0.5, 0.6) is 0 Å². The molecule has 2 rings (SSSR count). The first kappa shape index (κ1) is 11.8. The Hall–Kier alpha value is -0.720. The van der Waals surface area contributed by atoms with E-state index >= 15 is 0 Å². The van der Waals surface area contributed by atoms with Gasteiger partial charge in [0.25, 0.3) is 0 Å². The summed E-state index contributed by atoms with van der Waals surface area (Å²) in [6.07, 6.45) is 0. The van der Waals surface area contributed by atoms with E-state index in [0.717, 1.165) is 11.0 Å². The van der Waals surface area contributed by atoms with Crippen molar-refractivity contribution in [1.82, 2.24) is 4.31 Å². The number of hydrogen-bond donors (Lipinski definition) is 0. The van der Waals surface area contributed by atoms with Crippen molar-refractivity contribution in [3.8, 4) is 0 Å². The van der Waals surface area contributed by atoms with E-state index in [-0.39, 0.29) is 18.9 Å². The molecule has 16 heavy (non-hydrogen) atoms. The SMILES string of the molecule is C=CS(=O)(=O)N1Cc2cc(F)c(Br)cc2C1. The molecule has 3 nitrogen and oxygen atoms in total. The largest absolute Gasteiger partial charge is 0.236 e. The predicted octanol–water partition coefficient (Wildman–Crippen LogP) is 2.38. The fraction of sp³-hybridized carbons (Fsp3) is 0.200. The molecule has 1 aromatic carbocycles. The highest BCUT2D eigenvalue weighted by Crippen LogP contribution is 2.29. The monoisotopic (exact) mass is 305 g/mol. The first-order valence-corrected chi connectivity index (χ1v) is 6.83. The van der Waals surface area contributed by atoms with Crippen LogP contribution in [0.25, 0.3) is 0 Å². The Labute approximate surface area is 102 Å². The van der Waals surface area contributed by atoms with Gasteiger partial charge in [-0.15, -0.1) is 0 Å². The van der Waals surface area contributed by atoms with Crippen molar-refractivity contribution in [2.24, 2.45) is 0 Å². The molecule has 1 aliphatic rings. The molecule has 6 heteroatoms. The van der Waals surface area contributed by atoms with Gasteiger partial charge in [-0.2, -0.15) is 4.31 Å². The molecule has 0 aliphatic carbocycles. The topological polar surface area (TPSA) is 37.4 Å². The molecule has 0 aromatic heterocycles. The van der Waals surface area contributed by atoms with Gasteiger partial charge >= 0.3 is 0 Å². The van der Waals surface area contributed by atoms with E-state index in [9.17, 15) is 12.8 Å². The number of hydrogen-bond acceptors (Lipinski definition) is 2. The summed E-state index contributed by atoms with van der Waals surface area (Å²) >= 11 is 3.07. The number of halogens is 2. The molecule has 0 amide bonds. The summed E-state index contributed by atoms with van der Waals surface area (Å²) in [5, 5.41) is 0.907. The van der Waals surface area contributed by atoms with E-state index in [2.05, 4.69) is 22.5 Å². The van der Waals surface area contributed by atoms with Gasteiger partial charge < -0.3 is 0 Å². The highest BCUT2D eigenvalue weighted by Gasteiger charge is 2.27. The highest BCUT2D eigenvalue weighted by molar-refractivity contribution is 9.10. The van der Waals surface area contributed by atoms with E-state index in [1.165, 1.54) is 10.4 Å². The lowest BCUT2D eigenvalue weighted by Gasteiger charge is -2.11. The van der Waals surface area contributed by atoms with Crippen LogP contribution < -0.4 is 0 Å². The number of rotatable bonds is 2. The molecular formula is C10H9BrFNO2S. The molecule has 0 fully saturated rings. The summed E-state index contributed by atoms with van der Waals surface area (Å²) in [6, 6.07) is 2.97. The average Bonchev–Trinajstić information content (AvgIpc) is 2.62. The summed E-state index contributed by atoms with van der Waals surface area (Å²) in [5.41, 5.74) is 1.52. The minimum Gasteiger partial charge on any atom is -0.208 e. The molecular weight excluding hydrogens is 297 g/mol. The summed E-state index contributed by atoms with van der Waals surface area (Å²) in [6.45, 7) is 3.73. The van der Waals surface area contributed by atoms with Crippen LogP contribution in [0.4, 0.5) is 4.39 Å². The second-order valence-electron chi connectivity index (χ2n) is 3.51. The van der Waals surface area contributed by atoms with Gasteiger partial charge in [-0.25, -0.2) is 12.8 Å². The summed E-state index contributed by atoms with van der Waals surface area (Å²) in [4.78, 5) is 0. The molecule has 0 N–H and O–H groups in total. The molecule has 0 atom stereocenters. The number of sulfonamides is 1. The molecule has 0 unspecified atom stereocenters. The van der Waals surface area contributed by atoms with E-state index in [4.69, 9.17) is 0 Å². The van der Waals surface area contributed by atoms with Crippen molar-refractivity contribution in [2.75, 3.05) is 0 Å². The van der Waals surface area contributed by atoms with Gasteiger partial charge in [-0.3, -0.25) is 0 Å². The quantitative estimate of drug-likeness (QED) is 0.841. The molecule has 86 valence electrons. The van der Waals surface area contributed by atoms with Gasteiger partial charge in [0.1, 0.15) is 5.82 Å². The summed E-state index contributed by atoms with van der Waals surface area (Å²) in [7, 11) is -3.43. The number of fused-ring (bicyclic) bond motifs is 1. The van der Waals surface area contributed by atoms with Crippen molar-refractivity contribution in [3.05, 3.63) is 45.5 Å². The molecule has 1 heterocycles. The zero-order valence-corrected chi connectivity index (χ0v) is 10.7. The highest BCUT2D eigenvalue weighted by atomic mass is 79.9. The van der Waals surface area contributed by atoms with E-state index in [1.54, 1.807) is 6.07 Å². The van der Waals surface area contributed by atoms with Gasteiger partial charge in [-0.05, 0) is 39.2 Å². The maximum absolute atomic E-state index is 13.2. The Morgan fingerprint density at radius 2 is 1.94 bits per heavy atom. The Bertz CT molecular complexity index is 525. The fourth-order valence-electron chi connectivity index (χ4n) is 1.64. The minimum atomic E-state index is -3.43. The smallest absolute Gasteiger partial charge is 0.208 e. The molecule has 0 radical (unpaired) electrons. The number of nitrogens with zero attached hydrogens (tertiary/aromatic N) is 1. The van der Waals surface area contributed by atoms with Crippen LogP contribution in [-0.2, 0) is 23.1 Å². The van der Waals surface area contributed by atoms with Crippen LogP contribution in [0.15, 0.2) is 28.6 Å². The van der Waals surface area contributed by atoms with Gasteiger partial charge in [-0.1, -0.05) is 6.58 Å². The predicted molar refractivity (Wildman–Crippen MR) is 62.5 cm³/mol. The standard InChI is InChI=1S/C10H9BrFNO2S/c1-2-16(14,15)13-5-7-3-9(11)10(12)4-8(7)6-13/h2-4H,1,5-6H2. The zero-order chi connectivity index (χ0) is 11.9. The lowest BCUT2D eigenvalue weighted by molar-refractivity contribution is 0.439. The molecule has 1 aromatic rings. The Morgan fingerprint density at radius 3 is 2.50 bits per heavy atom. The Balaban J connectivity index is 2.39. The fourth-order valence-corrected chi connectivity index (χ4v) is 2.88. The molecule has 0 spiro atoms. The zero-order valence-electron chi connectivity index (χ0n) is 8.28. The third-order valence-electron chi connectivity index (χ3n) is 2.51. The third-order valence-corrected chi connectivity index (χ3v) is 4.51. The Morgan fingerprint density at radius 1 is 1.38 bits per heavy atom. The van der Waals surface area contributed by atoms with Crippen LogP contribution in [0.1, 0.15) is 11.1 Å². The molecule has 0 saturated heterocycles. The molecule has 0 bridgehead atoms. The van der Waals surface area contributed by atoms with Crippen LogP contribution in [0, 0.1) is 5.82 Å². The van der Waals surface area contributed by atoms with Gasteiger partial charge in [0.05, 0.1) is 4.47 Å². The normalized spacial score (nSPS) is 16.1. The maximum atomic E-state index is 13.2. The van der Waals surface area contributed by atoms with Crippen molar-refractivity contribution >= 4 is 26.0 Å². The second-order valence-corrected chi connectivity index (χ2v) is 6.25. The van der Waals surface area contributed by atoms with Gasteiger partial charge in [0.2, 0.25) is 10.0 Å². The average molecular weight is 306 g/mol.